The van der Waals surface area contributed by atoms with E-state index >= 15 is 0 Å². The van der Waals surface area contributed by atoms with Gasteiger partial charge < -0.3 is 4.74 Å². The highest BCUT2D eigenvalue weighted by molar-refractivity contribution is 6.32. The highest BCUT2D eigenvalue weighted by atomic mass is 35.5. The second kappa shape index (κ2) is 6.65. The second-order valence-electron chi connectivity index (χ2n) is 5.16. The average Bonchev–Trinajstić information content (AvgIpc) is 2.61. The van der Waals surface area contributed by atoms with Gasteiger partial charge in [0.2, 0.25) is 5.88 Å². The Hall–Kier alpha value is -2.97. The van der Waals surface area contributed by atoms with Crippen LogP contribution in [-0.2, 0) is 0 Å². The van der Waals surface area contributed by atoms with Crippen LogP contribution in [0, 0.1) is 25.2 Å². The van der Waals surface area contributed by atoms with Gasteiger partial charge in [0.05, 0.1) is 16.7 Å². The summed E-state index contributed by atoms with van der Waals surface area (Å²) in [6, 6.07) is 10.6. The van der Waals surface area contributed by atoms with Crippen molar-refractivity contribution in [1.29, 1.82) is 5.26 Å². The van der Waals surface area contributed by atoms with E-state index in [0.29, 0.717) is 28.0 Å². The van der Waals surface area contributed by atoms with Crippen molar-refractivity contribution in [3.05, 3.63) is 64.6 Å². The third-order valence-corrected chi connectivity index (χ3v) is 3.83. The number of aromatic nitrogens is 3. The van der Waals surface area contributed by atoms with Crippen molar-refractivity contribution in [2.75, 3.05) is 0 Å². The predicted octanol–water partition coefficient (Wildman–Crippen LogP) is 4.47. The van der Waals surface area contributed by atoms with E-state index in [1.807, 2.05) is 32.0 Å². The smallest absolute Gasteiger partial charge is 0.226 e. The molecule has 24 heavy (non-hydrogen) atoms. The molecule has 118 valence electrons. The minimum atomic E-state index is 0.354. The maximum Gasteiger partial charge on any atom is 0.226 e. The van der Waals surface area contributed by atoms with E-state index in [-0.39, 0.29) is 0 Å². The summed E-state index contributed by atoms with van der Waals surface area (Å²) in [5.41, 5.74) is 2.90. The summed E-state index contributed by atoms with van der Waals surface area (Å²) in [5.74, 6) is 1.40. The van der Waals surface area contributed by atoms with Gasteiger partial charge >= 0.3 is 0 Å². The third-order valence-electron chi connectivity index (χ3n) is 3.53. The van der Waals surface area contributed by atoms with Crippen molar-refractivity contribution in [3.63, 3.8) is 0 Å². The van der Waals surface area contributed by atoms with Crippen LogP contribution in [0.2, 0.25) is 5.02 Å². The van der Waals surface area contributed by atoms with Gasteiger partial charge in [0, 0.05) is 29.2 Å². The number of rotatable bonds is 3. The zero-order chi connectivity index (χ0) is 17.1. The molecule has 0 aliphatic carbocycles. The summed E-state index contributed by atoms with van der Waals surface area (Å²) in [5, 5.41) is 9.26. The Morgan fingerprint density at radius 2 is 2.00 bits per heavy atom. The largest absolute Gasteiger partial charge is 0.437 e. The number of pyridine rings is 1. The standard InChI is InChI=1S/C18H13ClN4O/c1-11-12(2)22-17(14-4-3-7-21-10-14)23-18(11)24-16-6-5-13(9-20)8-15(16)19/h3-8,10H,1-2H3. The Kier molecular flexibility index (Phi) is 4.41. The first-order chi connectivity index (χ1) is 11.6. The number of benzene rings is 1. The van der Waals surface area contributed by atoms with Crippen LogP contribution in [0.5, 0.6) is 11.6 Å². The summed E-state index contributed by atoms with van der Waals surface area (Å²) in [6.07, 6.45) is 3.39. The fourth-order valence-corrected chi connectivity index (χ4v) is 2.30. The van der Waals surface area contributed by atoms with Crippen LogP contribution in [0.4, 0.5) is 0 Å². The zero-order valence-corrected chi connectivity index (χ0v) is 13.9. The molecular formula is C18H13ClN4O. The van der Waals surface area contributed by atoms with Crippen LogP contribution >= 0.6 is 11.6 Å². The molecule has 0 unspecified atom stereocenters. The van der Waals surface area contributed by atoms with Crippen molar-refractivity contribution in [3.8, 4) is 29.1 Å². The van der Waals surface area contributed by atoms with Gasteiger partial charge in [0.15, 0.2) is 5.82 Å². The Morgan fingerprint density at radius 1 is 1.17 bits per heavy atom. The van der Waals surface area contributed by atoms with Crippen LogP contribution in [0.15, 0.2) is 42.7 Å². The summed E-state index contributed by atoms with van der Waals surface area (Å²) in [4.78, 5) is 13.1. The van der Waals surface area contributed by atoms with Crippen molar-refractivity contribution < 1.29 is 4.74 Å². The van der Waals surface area contributed by atoms with Crippen molar-refractivity contribution in [1.82, 2.24) is 15.0 Å². The Morgan fingerprint density at radius 3 is 2.67 bits per heavy atom. The van der Waals surface area contributed by atoms with Crippen molar-refractivity contribution >= 4 is 11.6 Å². The average molecular weight is 337 g/mol. The minimum absolute atomic E-state index is 0.354. The molecule has 0 fully saturated rings. The van der Waals surface area contributed by atoms with Gasteiger partial charge in [0.25, 0.3) is 0 Å². The molecule has 6 heteroatoms. The number of hydrogen-bond donors (Lipinski definition) is 0. The number of aryl methyl sites for hydroxylation is 1. The molecule has 0 spiro atoms. The first-order valence-corrected chi connectivity index (χ1v) is 7.59. The fourth-order valence-electron chi connectivity index (χ4n) is 2.08. The lowest BCUT2D eigenvalue weighted by Crippen LogP contribution is -2.00. The molecule has 2 heterocycles. The molecule has 0 aliphatic heterocycles. The summed E-state index contributed by atoms with van der Waals surface area (Å²) >= 11 is 6.18. The first kappa shape index (κ1) is 15.9. The summed E-state index contributed by atoms with van der Waals surface area (Å²) in [7, 11) is 0. The molecule has 3 rings (SSSR count). The monoisotopic (exact) mass is 336 g/mol. The van der Waals surface area contributed by atoms with Crippen LogP contribution in [0.1, 0.15) is 16.8 Å². The summed E-state index contributed by atoms with van der Waals surface area (Å²) in [6.45, 7) is 3.78. The summed E-state index contributed by atoms with van der Waals surface area (Å²) < 4.78 is 5.87. The highest BCUT2D eigenvalue weighted by Crippen LogP contribution is 2.32. The second-order valence-corrected chi connectivity index (χ2v) is 5.57. The number of ether oxygens (including phenoxy) is 1. The van der Waals surface area contributed by atoms with E-state index in [0.717, 1.165) is 16.8 Å². The molecule has 0 aliphatic rings. The van der Waals surface area contributed by atoms with Gasteiger partial charge in [-0.1, -0.05) is 11.6 Å². The van der Waals surface area contributed by atoms with Gasteiger partial charge in [-0.15, -0.1) is 0 Å². The van der Waals surface area contributed by atoms with E-state index in [1.165, 1.54) is 0 Å². The zero-order valence-electron chi connectivity index (χ0n) is 13.1. The molecule has 0 N–H and O–H groups in total. The van der Waals surface area contributed by atoms with Gasteiger partial charge in [-0.2, -0.15) is 10.2 Å². The number of nitrogens with zero attached hydrogens (tertiary/aromatic N) is 4. The molecule has 0 atom stereocenters. The Bertz CT molecular complexity index is 936. The van der Waals surface area contributed by atoms with Crippen molar-refractivity contribution in [2.45, 2.75) is 13.8 Å². The topological polar surface area (TPSA) is 71.7 Å². The molecule has 0 saturated heterocycles. The lowest BCUT2D eigenvalue weighted by atomic mass is 10.2. The Balaban J connectivity index is 2.02. The molecule has 3 aromatic rings. The molecular weight excluding hydrogens is 324 g/mol. The number of nitriles is 1. The maximum atomic E-state index is 8.91. The highest BCUT2D eigenvalue weighted by Gasteiger charge is 2.13. The Labute approximate surface area is 144 Å². The predicted molar refractivity (Wildman–Crippen MR) is 91.0 cm³/mol. The molecule has 0 saturated carbocycles. The van der Waals surface area contributed by atoms with Gasteiger partial charge in [-0.05, 0) is 44.2 Å². The van der Waals surface area contributed by atoms with Crippen LogP contribution in [0.25, 0.3) is 11.4 Å². The third kappa shape index (κ3) is 3.19. The lowest BCUT2D eigenvalue weighted by molar-refractivity contribution is 0.457. The molecule has 0 bridgehead atoms. The van der Waals surface area contributed by atoms with Crippen LogP contribution in [-0.4, -0.2) is 15.0 Å². The van der Waals surface area contributed by atoms with Crippen molar-refractivity contribution in [2.24, 2.45) is 0 Å². The maximum absolute atomic E-state index is 8.91. The van der Waals surface area contributed by atoms with E-state index in [2.05, 4.69) is 15.0 Å². The molecule has 1 aromatic carbocycles. The van der Waals surface area contributed by atoms with E-state index < -0.39 is 0 Å². The SMILES string of the molecule is Cc1nc(-c2cccnc2)nc(Oc2ccc(C#N)cc2Cl)c1C. The first-order valence-electron chi connectivity index (χ1n) is 7.21. The fraction of sp³-hybridized carbons (Fsp3) is 0.111. The lowest BCUT2D eigenvalue weighted by Gasteiger charge is -2.12. The molecule has 0 radical (unpaired) electrons. The van der Waals surface area contributed by atoms with Gasteiger partial charge in [-0.3, -0.25) is 4.98 Å². The molecule has 0 amide bonds. The van der Waals surface area contributed by atoms with E-state index in [4.69, 9.17) is 21.6 Å². The van der Waals surface area contributed by atoms with Gasteiger partial charge in [0.1, 0.15) is 5.75 Å². The van der Waals surface area contributed by atoms with Crippen LogP contribution in [0.3, 0.4) is 0 Å². The minimum Gasteiger partial charge on any atom is -0.437 e. The number of hydrogen-bond acceptors (Lipinski definition) is 5. The molecule has 2 aromatic heterocycles. The van der Waals surface area contributed by atoms with E-state index in [9.17, 15) is 0 Å². The normalized spacial score (nSPS) is 10.2. The van der Waals surface area contributed by atoms with E-state index in [1.54, 1.807) is 30.6 Å². The van der Waals surface area contributed by atoms with Crippen LogP contribution < -0.4 is 4.74 Å². The molecule has 5 nitrogen and oxygen atoms in total. The number of halogens is 1. The quantitative estimate of drug-likeness (QED) is 0.705. The van der Waals surface area contributed by atoms with Gasteiger partial charge in [-0.25, -0.2) is 4.98 Å².